The van der Waals surface area contributed by atoms with E-state index in [0.717, 1.165) is 12.1 Å². The maximum atomic E-state index is 13.5. The van der Waals surface area contributed by atoms with E-state index in [1.54, 1.807) is 0 Å². The minimum absolute atomic E-state index is 0.0416. The molecule has 17 heteroatoms. The van der Waals surface area contributed by atoms with E-state index in [9.17, 15) is 48.0 Å². The predicted molar refractivity (Wildman–Crippen MR) is 123 cm³/mol. The lowest BCUT2D eigenvalue weighted by atomic mass is 9.88. The van der Waals surface area contributed by atoms with Crippen molar-refractivity contribution in [2.75, 3.05) is 6.54 Å². The second kappa shape index (κ2) is 8.84. The Morgan fingerprint density at radius 3 is 2.36 bits per heavy atom. The Morgan fingerprint density at radius 2 is 1.69 bits per heavy atom. The van der Waals surface area contributed by atoms with Crippen LogP contribution in [0.3, 0.4) is 0 Å². The van der Waals surface area contributed by atoms with Crippen molar-refractivity contribution in [1.29, 1.82) is 0 Å². The van der Waals surface area contributed by atoms with Gasteiger partial charge in [0.2, 0.25) is 0 Å². The molecule has 2 unspecified atom stereocenters. The third-order valence-electron chi connectivity index (χ3n) is 6.79. The van der Waals surface area contributed by atoms with Gasteiger partial charge in [-0.2, -0.15) is 43.2 Å². The summed E-state index contributed by atoms with van der Waals surface area (Å²) >= 11 is 0. The number of carbonyl (C=O) groups is 1. The van der Waals surface area contributed by atoms with Crippen LogP contribution in [0.1, 0.15) is 40.2 Å². The Morgan fingerprint density at radius 1 is 0.974 bits per heavy atom. The number of fused-ring (bicyclic) bond motifs is 4. The van der Waals surface area contributed by atoms with Crippen LogP contribution < -0.4 is 4.18 Å². The number of amides is 1. The maximum Gasteiger partial charge on any atom is 0.534 e. The van der Waals surface area contributed by atoms with Crippen LogP contribution in [0.25, 0.3) is 11.0 Å². The van der Waals surface area contributed by atoms with E-state index in [2.05, 4.69) is 9.17 Å². The first-order chi connectivity index (χ1) is 18.0. The number of halogens is 6. The molecule has 210 valence electrons. The number of aromatic nitrogens is 2. The third-order valence-corrected chi connectivity index (χ3v) is 9.16. The Labute approximate surface area is 217 Å². The second-order valence-corrected chi connectivity index (χ2v) is 12.4. The van der Waals surface area contributed by atoms with Gasteiger partial charge in [-0.15, -0.1) is 0 Å². The lowest BCUT2D eigenvalue weighted by molar-refractivity contribution is -0.0500. The van der Waals surface area contributed by atoms with Crippen molar-refractivity contribution in [3.8, 4) is 5.75 Å². The molecule has 1 saturated heterocycles. The highest BCUT2D eigenvalue weighted by atomic mass is 32.2. The van der Waals surface area contributed by atoms with Gasteiger partial charge in [0.1, 0.15) is 12.1 Å². The number of nitrogens with zero attached hydrogens (tertiary/aromatic N) is 3. The summed E-state index contributed by atoms with van der Waals surface area (Å²) in [7, 11) is -11.7. The average Bonchev–Trinajstić information content (AvgIpc) is 3.43. The Balaban J connectivity index is 1.44. The fourth-order valence-corrected chi connectivity index (χ4v) is 6.32. The van der Waals surface area contributed by atoms with E-state index in [4.69, 9.17) is 0 Å². The Bertz CT molecular complexity index is 1700. The summed E-state index contributed by atoms with van der Waals surface area (Å²) in [5.41, 5.74) is -10.6. The van der Waals surface area contributed by atoms with Gasteiger partial charge >= 0.3 is 31.2 Å². The van der Waals surface area contributed by atoms with Crippen molar-refractivity contribution in [3.63, 3.8) is 0 Å². The van der Waals surface area contributed by atoms with Crippen molar-refractivity contribution in [3.05, 3.63) is 59.4 Å². The number of rotatable bonds is 4. The lowest BCUT2D eigenvalue weighted by Crippen LogP contribution is -2.46. The fourth-order valence-electron chi connectivity index (χ4n) is 5.07. The molecule has 0 bridgehead atoms. The van der Waals surface area contributed by atoms with Gasteiger partial charge < -0.3 is 9.08 Å². The highest BCUT2D eigenvalue weighted by Crippen LogP contribution is 2.44. The number of benzene rings is 2. The van der Waals surface area contributed by atoms with Crippen molar-refractivity contribution in [2.45, 2.75) is 42.2 Å². The van der Waals surface area contributed by atoms with Crippen LogP contribution in [0.2, 0.25) is 0 Å². The predicted octanol–water partition coefficient (Wildman–Crippen LogP) is 3.91. The molecule has 5 rings (SSSR count). The highest BCUT2D eigenvalue weighted by molar-refractivity contribution is 7.91. The fraction of sp³-hybridized carbons (Fsp3) is 0.364. The number of piperidine rings is 1. The van der Waals surface area contributed by atoms with E-state index in [1.807, 2.05) is 0 Å². The quantitative estimate of drug-likeness (QED) is 0.255. The van der Waals surface area contributed by atoms with Gasteiger partial charge in [-0.05, 0) is 60.7 Å². The largest absolute Gasteiger partial charge is 0.534 e. The van der Waals surface area contributed by atoms with Crippen molar-refractivity contribution >= 4 is 37.1 Å². The summed E-state index contributed by atoms with van der Waals surface area (Å²) in [6.45, 7) is 0.262. The molecule has 1 fully saturated rings. The van der Waals surface area contributed by atoms with Crippen molar-refractivity contribution in [2.24, 2.45) is 0 Å². The number of likely N-dealkylation sites (tertiary alicyclic amines) is 1. The van der Waals surface area contributed by atoms with Gasteiger partial charge in [-0.1, -0.05) is 6.07 Å². The van der Waals surface area contributed by atoms with E-state index in [-0.39, 0.29) is 27.5 Å². The van der Waals surface area contributed by atoms with E-state index >= 15 is 0 Å². The average molecular weight is 598 g/mol. The lowest BCUT2D eigenvalue weighted by Gasteiger charge is -2.38. The van der Waals surface area contributed by atoms with Crippen LogP contribution in [0.4, 0.5) is 26.3 Å². The summed E-state index contributed by atoms with van der Waals surface area (Å²) in [5.74, 6) is -1.48. The van der Waals surface area contributed by atoms with Crippen LogP contribution in [0.15, 0.2) is 42.7 Å². The van der Waals surface area contributed by atoms with E-state index in [0.29, 0.717) is 36.7 Å². The first-order valence-electron chi connectivity index (χ1n) is 11.2. The molecule has 0 spiro atoms. The molecule has 1 amide bonds. The van der Waals surface area contributed by atoms with Gasteiger partial charge in [0.15, 0.2) is 0 Å². The molecule has 0 radical (unpaired) electrons. The standard InChI is InChI=1S/C22H17F6N3O6S2/c23-21(24,25)38(33,34)31-11-29-17-6-4-13(9-19(17)31)20(32)30-7-1-2-15-16-10-14(5-3-12(16)8-18(15)30)37-39(35,36)22(26,27)28/h3-6,9-11,15,18H,1-2,7-8H2. The van der Waals surface area contributed by atoms with Gasteiger partial charge in [0.25, 0.3) is 5.91 Å². The molecule has 1 aliphatic carbocycles. The van der Waals surface area contributed by atoms with Crippen LogP contribution >= 0.6 is 0 Å². The zero-order chi connectivity index (χ0) is 28.5. The molecule has 9 nitrogen and oxygen atoms in total. The smallest absolute Gasteiger partial charge is 0.376 e. The zero-order valence-electron chi connectivity index (χ0n) is 19.4. The van der Waals surface area contributed by atoms with Gasteiger partial charge in [0.05, 0.1) is 11.0 Å². The molecule has 39 heavy (non-hydrogen) atoms. The molecule has 1 aliphatic heterocycles. The second-order valence-electron chi connectivity index (χ2n) is 9.06. The maximum absolute atomic E-state index is 13.5. The summed E-state index contributed by atoms with van der Waals surface area (Å²) < 4.78 is 128. The number of hydrogen-bond acceptors (Lipinski definition) is 7. The van der Waals surface area contributed by atoms with Gasteiger partial charge in [-0.25, -0.2) is 8.96 Å². The number of imidazole rings is 1. The summed E-state index contributed by atoms with van der Waals surface area (Å²) in [6, 6.07) is 6.77. The topological polar surface area (TPSA) is 116 Å². The summed E-state index contributed by atoms with van der Waals surface area (Å²) in [5, 5.41) is 0. The van der Waals surface area contributed by atoms with E-state index in [1.165, 1.54) is 29.2 Å². The van der Waals surface area contributed by atoms with Crippen molar-refractivity contribution in [1.82, 2.24) is 13.9 Å². The molecule has 3 aromatic rings. The molecular weight excluding hydrogens is 580 g/mol. The molecule has 2 aliphatic rings. The van der Waals surface area contributed by atoms with Gasteiger partial charge in [0, 0.05) is 24.1 Å². The zero-order valence-corrected chi connectivity index (χ0v) is 21.0. The first kappa shape index (κ1) is 27.2. The third kappa shape index (κ3) is 4.50. The molecule has 0 saturated carbocycles. The number of alkyl halides is 6. The molecule has 1 aromatic heterocycles. The summed E-state index contributed by atoms with van der Waals surface area (Å²) in [4.78, 5) is 18.6. The Kier molecular flexibility index (Phi) is 6.17. The summed E-state index contributed by atoms with van der Waals surface area (Å²) in [6.07, 6.45) is 1.80. The van der Waals surface area contributed by atoms with Crippen LogP contribution in [-0.4, -0.2) is 60.2 Å². The minimum atomic E-state index is -5.88. The molecule has 2 aromatic carbocycles. The molecule has 2 heterocycles. The van der Waals surface area contributed by atoms with Crippen LogP contribution in [0.5, 0.6) is 5.75 Å². The van der Waals surface area contributed by atoms with Crippen LogP contribution in [-0.2, 0) is 26.6 Å². The Hall–Kier alpha value is -3.34. The minimum Gasteiger partial charge on any atom is -0.376 e. The molecule has 2 atom stereocenters. The molecular formula is C22H17F6N3O6S2. The highest BCUT2D eigenvalue weighted by Gasteiger charge is 2.49. The first-order valence-corrected chi connectivity index (χ1v) is 14.1. The van der Waals surface area contributed by atoms with E-state index < -0.39 is 54.4 Å². The SMILES string of the molecule is O=C(c1ccc2ncn(S(=O)(=O)C(F)(F)F)c2c1)N1CCCC2c3cc(OS(=O)(=O)C(F)(F)F)ccc3CC21. The van der Waals surface area contributed by atoms with Crippen molar-refractivity contribution < 1.29 is 52.2 Å². The number of hydrogen-bond donors (Lipinski definition) is 0. The van der Waals surface area contributed by atoms with Gasteiger partial charge in [-0.3, -0.25) is 4.79 Å². The number of carbonyl (C=O) groups excluding carboxylic acids is 1. The monoisotopic (exact) mass is 597 g/mol. The molecule has 0 N–H and O–H groups in total. The normalized spacial score (nSPS) is 20.1. The van der Waals surface area contributed by atoms with Crippen LogP contribution in [0, 0.1) is 0 Å².